The Kier molecular flexibility index (Phi) is 5.44. The Morgan fingerprint density at radius 1 is 1.39 bits per heavy atom. The maximum atomic E-state index is 11.4. The third kappa shape index (κ3) is 3.62. The predicted molar refractivity (Wildman–Crippen MR) is 74.6 cm³/mol. The predicted octanol–water partition coefficient (Wildman–Crippen LogP) is 3.37. The van der Waals surface area contributed by atoms with E-state index in [2.05, 4.69) is 5.10 Å². The standard InChI is InChI=1S/C12H14Cl2N2O2/c1-4-18-12(17)8(2)15-16(3)11-9(13)6-5-7-10(11)14/h5-7H,4H2,1-3H3. The van der Waals surface area contributed by atoms with Gasteiger partial charge < -0.3 is 4.74 Å². The van der Waals surface area contributed by atoms with Crippen molar-refractivity contribution in [3.63, 3.8) is 0 Å². The molecule has 0 aliphatic heterocycles. The summed E-state index contributed by atoms with van der Waals surface area (Å²) in [6.45, 7) is 3.61. The van der Waals surface area contributed by atoms with Gasteiger partial charge >= 0.3 is 5.97 Å². The van der Waals surface area contributed by atoms with Gasteiger partial charge in [0.05, 0.1) is 22.3 Å². The van der Waals surface area contributed by atoms with Crippen molar-refractivity contribution in [1.82, 2.24) is 0 Å². The van der Waals surface area contributed by atoms with Crippen molar-refractivity contribution < 1.29 is 9.53 Å². The third-order valence-corrected chi connectivity index (χ3v) is 2.74. The Morgan fingerprint density at radius 3 is 2.44 bits per heavy atom. The van der Waals surface area contributed by atoms with E-state index >= 15 is 0 Å². The molecule has 0 fully saturated rings. The lowest BCUT2D eigenvalue weighted by Gasteiger charge is -2.17. The van der Waals surface area contributed by atoms with Gasteiger partial charge in [0.2, 0.25) is 0 Å². The summed E-state index contributed by atoms with van der Waals surface area (Å²) in [5, 5.41) is 6.48. The van der Waals surface area contributed by atoms with Crippen LogP contribution < -0.4 is 5.01 Å². The SMILES string of the molecule is CCOC(=O)C(C)=NN(C)c1c(Cl)cccc1Cl. The minimum atomic E-state index is -0.465. The van der Waals surface area contributed by atoms with Gasteiger partial charge in [-0.15, -0.1) is 0 Å². The number of esters is 1. The first-order chi connectivity index (χ1) is 8.47. The minimum absolute atomic E-state index is 0.232. The molecule has 1 aromatic carbocycles. The van der Waals surface area contributed by atoms with E-state index in [1.54, 1.807) is 39.1 Å². The average molecular weight is 289 g/mol. The summed E-state index contributed by atoms with van der Waals surface area (Å²) in [4.78, 5) is 11.4. The van der Waals surface area contributed by atoms with E-state index in [4.69, 9.17) is 27.9 Å². The summed E-state index contributed by atoms with van der Waals surface area (Å²) in [6, 6.07) is 5.15. The maximum Gasteiger partial charge on any atom is 0.354 e. The molecule has 0 N–H and O–H groups in total. The highest BCUT2D eigenvalue weighted by atomic mass is 35.5. The molecular weight excluding hydrogens is 275 g/mol. The second-order valence-electron chi connectivity index (χ2n) is 3.50. The number of para-hydroxylation sites is 1. The molecule has 0 radical (unpaired) electrons. The van der Waals surface area contributed by atoms with Crippen LogP contribution in [0.15, 0.2) is 23.3 Å². The molecule has 0 bridgehead atoms. The highest BCUT2D eigenvalue weighted by molar-refractivity contribution is 6.39. The fourth-order valence-corrected chi connectivity index (χ4v) is 1.99. The van der Waals surface area contributed by atoms with Crippen molar-refractivity contribution in [2.45, 2.75) is 13.8 Å². The number of carbonyl (C=O) groups is 1. The van der Waals surface area contributed by atoms with Gasteiger partial charge in [-0.05, 0) is 26.0 Å². The smallest absolute Gasteiger partial charge is 0.354 e. The van der Waals surface area contributed by atoms with Gasteiger partial charge in [-0.3, -0.25) is 5.01 Å². The van der Waals surface area contributed by atoms with E-state index in [0.29, 0.717) is 22.3 Å². The van der Waals surface area contributed by atoms with Gasteiger partial charge in [-0.1, -0.05) is 29.3 Å². The molecule has 0 aliphatic carbocycles. The number of nitrogens with zero attached hydrogens (tertiary/aromatic N) is 2. The van der Waals surface area contributed by atoms with Crippen LogP contribution in [0.5, 0.6) is 0 Å². The van der Waals surface area contributed by atoms with Crippen LogP contribution in [0.2, 0.25) is 10.0 Å². The molecule has 0 spiro atoms. The molecule has 0 saturated carbocycles. The van der Waals surface area contributed by atoms with Crippen LogP contribution in [0.3, 0.4) is 0 Å². The van der Waals surface area contributed by atoms with Crippen molar-refractivity contribution >= 4 is 40.6 Å². The number of anilines is 1. The van der Waals surface area contributed by atoms with Gasteiger partial charge in [0.25, 0.3) is 0 Å². The van der Waals surface area contributed by atoms with Crippen molar-refractivity contribution in [2.24, 2.45) is 5.10 Å². The average Bonchev–Trinajstić information content (AvgIpc) is 2.28. The molecule has 0 aromatic heterocycles. The molecule has 0 atom stereocenters. The molecule has 0 heterocycles. The Bertz CT molecular complexity index is 455. The van der Waals surface area contributed by atoms with Crippen LogP contribution in [0.4, 0.5) is 5.69 Å². The van der Waals surface area contributed by atoms with E-state index in [1.165, 1.54) is 5.01 Å². The Hall–Kier alpha value is -1.26. The number of halogens is 2. The van der Waals surface area contributed by atoms with Crippen molar-refractivity contribution in [2.75, 3.05) is 18.7 Å². The first-order valence-electron chi connectivity index (χ1n) is 5.37. The normalized spacial score (nSPS) is 11.3. The second-order valence-corrected chi connectivity index (χ2v) is 4.31. The lowest BCUT2D eigenvalue weighted by atomic mass is 10.3. The molecule has 18 heavy (non-hydrogen) atoms. The quantitative estimate of drug-likeness (QED) is 0.485. The van der Waals surface area contributed by atoms with Gasteiger partial charge in [0, 0.05) is 7.05 Å². The Labute approximate surface area is 116 Å². The molecule has 0 amide bonds. The van der Waals surface area contributed by atoms with E-state index in [0.717, 1.165) is 0 Å². The number of ether oxygens (including phenoxy) is 1. The van der Waals surface area contributed by atoms with E-state index in [1.807, 2.05) is 0 Å². The summed E-state index contributed by atoms with van der Waals surface area (Å²) in [5.74, 6) is -0.465. The van der Waals surface area contributed by atoms with Gasteiger partial charge in [0.1, 0.15) is 5.71 Å². The molecular formula is C12H14Cl2N2O2. The van der Waals surface area contributed by atoms with Crippen molar-refractivity contribution in [3.05, 3.63) is 28.2 Å². The van der Waals surface area contributed by atoms with E-state index in [9.17, 15) is 4.79 Å². The van der Waals surface area contributed by atoms with E-state index in [-0.39, 0.29) is 5.71 Å². The van der Waals surface area contributed by atoms with Crippen LogP contribution in [-0.2, 0) is 9.53 Å². The lowest BCUT2D eigenvalue weighted by molar-refractivity contribution is -0.135. The monoisotopic (exact) mass is 288 g/mol. The number of rotatable bonds is 4. The summed E-state index contributed by atoms with van der Waals surface area (Å²) in [7, 11) is 1.66. The highest BCUT2D eigenvalue weighted by Gasteiger charge is 2.12. The highest BCUT2D eigenvalue weighted by Crippen LogP contribution is 2.32. The van der Waals surface area contributed by atoms with E-state index < -0.39 is 5.97 Å². The Morgan fingerprint density at radius 2 is 1.94 bits per heavy atom. The second kappa shape index (κ2) is 6.61. The van der Waals surface area contributed by atoms with Crippen LogP contribution >= 0.6 is 23.2 Å². The molecule has 0 unspecified atom stereocenters. The number of hydrogen-bond donors (Lipinski definition) is 0. The zero-order valence-corrected chi connectivity index (χ0v) is 11.9. The number of carbonyl (C=O) groups excluding carboxylic acids is 1. The first kappa shape index (κ1) is 14.8. The van der Waals surface area contributed by atoms with Gasteiger partial charge in [-0.25, -0.2) is 4.79 Å². The zero-order valence-electron chi connectivity index (χ0n) is 10.4. The number of hydrogen-bond acceptors (Lipinski definition) is 4. The Balaban J connectivity index is 2.98. The molecule has 0 aliphatic rings. The van der Waals surface area contributed by atoms with Crippen LogP contribution in [-0.4, -0.2) is 25.3 Å². The first-order valence-corrected chi connectivity index (χ1v) is 6.13. The summed E-state index contributed by atoms with van der Waals surface area (Å²) in [5.41, 5.74) is 0.778. The fraction of sp³-hybridized carbons (Fsp3) is 0.333. The molecule has 98 valence electrons. The molecule has 4 nitrogen and oxygen atoms in total. The molecule has 0 saturated heterocycles. The third-order valence-electron chi connectivity index (χ3n) is 2.13. The van der Waals surface area contributed by atoms with Crippen molar-refractivity contribution in [3.8, 4) is 0 Å². The topological polar surface area (TPSA) is 41.9 Å². The van der Waals surface area contributed by atoms with Crippen LogP contribution in [0.1, 0.15) is 13.8 Å². The largest absolute Gasteiger partial charge is 0.461 e. The van der Waals surface area contributed by atoms with Crippen LogP contribution in [0, 0.1) is 0 Å². The number of benzene rings is 1. The van der Waals surface area contributed by atoms with Gasteiger partial charge in [-0.2, -0.15) is 5.10 Å². The summed E-state index contributed by atoms with van der Waals surface area (Å²) >= 11 is 12.1. The maximum absolute atomic E-state index is 11.4. The fourth-order valence-electron chi connectivity index (χ4n) is 1.35. The van der Waals surface area contributed by atoms with Crippen LogP contribution in [0.25, 0.3) is 0 Å². The molecule has 6 heteroatoms. The zero-order chi connectivity index (χ0) is 13.7. The van der Waals surface area contributed by atoms with Gasteiger partial charge in [0.15, 0.2) is 0 Å². The number of hydrazone groups is 1. The minimum Gasteiger partial charge on any atom is -0.461 e. The lowest BCUT2D eigenvalue weighted by Crippen LogP contribution is -2.20. The molecule has 1 rings (SSSR count). The summed E-state index contributed by atoms with van der Waals surface area (Å²) < 4.78 is 4.84. The summed E-state index contributed by atoms with van der Waals surface area (Å²) in [6.07, 6.45) is 0. The van der Waals surface area contributed by atoms with Crippen molar-refractivity contribution in [1.29, 1.82) is 0 Å². The molecule has 1 aromatic rings.